The van der Waals surface area contributed by atoms with Gasteiger partial charge in [0.15, 0.2) is 5.82 Å². The van der Waals surface area contributed by atoms with Gasteiger partial charge in [0.2, 0.25) is 5.91 Å². The molecule has 7 nitrogen and oxygen atoms in total. The van der Waals surface area contributed by atoms with Crippen molar-refractivity contribution in [3.05, 3.63) is 47.2 Å². The Morgan fingerprint density at radius 3 is 2.65 bits per heavy atom. The molecule has 1 amide bonds. The van der Waals surface area contributed by atoms with Crippen molar-refractivity contribution in [3.8, 4) is 11.1 Å². The minimum absolute atomic E-state index is 0.00908. The number of rotatable bonds is 4. The number of nitrogens with zero attached hydrogens (tertiary/aromatic N) is 6. The number of fused-ring (bicyclic) bond motifs is 2. The predicted octanol–water partition coefficient (Wildman–Crippen LogP) is 4.72. The zero-order valence-electron chi connectivity index (χ0n) is 19.6. The number of halogens is 2. The standard InChI is InChI=1S/C25H28F2N6O/c1-14-25(34)30(2)13-21-24(29-23(33(14)21)15-6-7-15)32-8-4-5-16-9-18(17-11-28-31(3)12-17)19(22(26)27)10-20(16)32/h9-12,14-15,22H,4-8,13H2,1-3H3/t14-/m1/s1. The second kappa shape index (κ2) is 7.65. The molecule has 0 unspecified atom stereocenters. The molecule has 2 aromatic heterocycles. The van der Waals surface area contributed by atoms with E-state index >= 15 is 0 Å². The SMILES string of the molecule is C[C@@H]1C(=O)N(C)Cc2c(N3CCCc4cc(-c5cnn(C)c5)c(C(F)F)cc43)nc(C3CC3)n21. The van der Waals surface area contributed by atoms with E-state index < -0.39 is 6.43 Å². The fourth-order valence-corrected chi connectivity index (χ4v) is 5.49. The summed E-state index contributed by atoms with van der Waals surface area (Å²) >= 11 is 0. The van der Waals surface area contributed by atoms with Gasteiger partial charge in [0, 0.05) is 49.6 Å². The van der Waals surface area contributed by atoms with Gasteiger partial charge in [-0.3, -0.25) is 9.48 Å². The van der Waals surface area contributed by atoms with Crippen LogP contribution in [0.5, 0.6) is 0 Å². The van der Waals surface area contributed by atoms with Crippen LogP contribution in [0.15, 0.2) is 24.5 Å². The van der Waals surface area contributed by atoms with Crippen molar-refractivity contribution < 1.29 is 13.6 Å². The van der Waals surface area contributed by atoms with Crippen LogP contribution in [0.1, 0.15) is 67.2 Å². The molecule has 0 bridgehead atoms. The summed E-state index contributed by atoms with van der Waals surface area (Å²) in [6, 6.07) is 3.24. The number of carbonyl (C=O) groups is 1. The molecule has 4 heterocycles. The molecule has 178 valence electrons. The van der Waals surface area contributed by atoms with E-state index in [2.05, 4.69) is 14.6 Å². The van der Waals surface area contributed by atoms with Crippen molar-refractivity contribution in [1.82, 2.24) is 24.2 Å². The third-order valence-corrected chi connectivity index (χ3v) is 7.34. The van der Waals surface area contributed by atoms with Crippen molar-refractivity contribution in [2.45, 2.75) is 57.5 Å². The van der Waals surface area contributed by atoms with Gasteiger partial charge in [0.05, 0.1) is 18.4 Å². The smallest absolute Gasteiger partial charge is 0.264 e. The number of carbonyl (C=O) groups excluding carboxylic acids is 1. The van der Waals surface area contributed by atoms with E-state index in [-0.39, 0.29) is 17.5 Å². The molecule has 1 atom stereocenters. The van der Waals surface area contributed by atoms with Crippen LogP contribution in [0.25, 0.3) is 11.1 Å². The molecule has 6 rings (SSSR count). The molecule has 34 heavy (non-hydrogen) atoms. The Morgan fingerprint density at radius 2 is 1.97 bits per heavy atom. The van der Waals surface area contributed by atoms with E-state index in [1.165, 1.54) is 0 Å². The van der Waals surface area contributed by atoms with Gasteiger partial charge in [-0.2, -0.15) is 5.10 Å². The van der Waals surface area contributed by atoms with Crippen LogP contribution in [-0.4, -0.2) is 43.7 Å². The van der Waals surface area contributed by atoms with Crippen LogP contribution in [0, 0.1) is 0 Å². The van der Waals surface area contributed by atoms with Crippen molar-refractivity contribution in [2.75, 3.05) is 18.5 Å². The van der Waals surface area contributed by atoms with Gasteiger partial charge in [-0.05, 0) is 55.9 Å². The molecular weight excluding hydrogens is 438 g/mol. The highest BCUT2D eigenvalue weighted by molar-refractivity contribution is 5.83. The van der Waals surface area contributed by atoms with E-state index in [0.717, 1.165) is 54.3 Å². The average molecular weight is 467 g/mol. The lowest BCUT2D eigenvalue weighted by atomic mass is 9.93. The Labute approximate surface area is 197 Å². The fraction of sp³-hybridized carbons (Fsp3) is 0.480. The van der Waals surface area contributed by atoms with Crippen molar-refractivity contribution in [1.29, 1.82) is 0 Å². The number of aromatic nitrogens is 4. The summed E-state index contributed by atoms with van der Waals surface area (Å²) in [7, 11) is 3.60. The van der Waals surface area contributed by atoms with Crippen molar-refractivity contribution in [2.24, 2.45) is 7.05 Å². The summed E-state index contributed by atoms with van der Waals surface area (Å²) in [4.78, 5) is 21.6. The lowest BCUT2D eigenvalue weighted by Crippen LogP contribution is -2.40. The fourth-order valence-electron chi connectivity index (χ4n) is 5.49. The minimum atomic E-state index is -2.61. The molecule has 2 aliphatic heterocycles. The molecule has 1 fully saturated rings. The first kappa shape index (κ1) is 21.3. The summed E-state index contributed by atoms with van der Waals surface area (Å²) < 4.78 is 32.2. The van der Waals surface area contributed by atoms with Gasteiger partial charge in [-0.1, -0.05) is 0 Å². The lowest BCUT2D eigenvalue weighted by Gasteiger charge is -2.35. The molecule has 1 aromatic carbocycles. The number of imidazole rings is 1. The Kier molecular flexibility index (Phi) is 4.79. The van der Waals surface area contributed by atoms with Crippen LogP contribution in [0.3, 0.4) is 0 Å². The normalized spacial score (nSPS) is 20.2. The molecule has 0 saturated heterocycles. The topological polar surface area (TPSA) is 59.2 Å². The number of amides is 1. The second-order valence-corrected chi connectivity index (χ2v) is 9.78. The molecule has 9 heteroatoms. The monoisotopic (exact) mass is 466 g/mol. The molecule has 3 aliphatic rings. The molecule has 3 aromatic rings. The molecule has 1 aliphatic carbocycles. The summed E-state index contributed by atoms with van der Waals surface area (Å²) in [5.74, 6) is 2.23. The average Bonchev–Trinajstić information content (AvgIpc) is 3.46. The van der Waals surface area contributed by atoms with Gasteiger partial charge in [-0.15, -0.1) is 0 Å². The summed E-state index contributed by atoms with van der Waals surface area (Å²) in [6.45, 7) is 3.11. The molecule has 0 radical (unpaired) electrons. The first-order valence-electron chi connectivity index (χ1n) is 11.9. The molecule has 0 N–H and O–H groups in total. The van der Waals surface area contributed by atoms with Crippen LogP contribution < -0.4 is 4.90 Å². The van der Waals surface area contributed by atoms with Gasteiger partial charge in [0.25, 0.3) is 6.43 Å². The number of aryl methyl sites for hydroxylation is 2. The number of alkyl halides is 2. The second-order valence-electron chi connectivity index (χ2n) is 9.78. The molecule has 0 spiro atoms. The summed E-state index contributed by atoms with van der Waals surface area (Å²) in [5.41, 5.74) is 4.08. The maximum atomic E-state index is 14.2. The first-order chi connectivity index (χ1) is 16.3. The highest BCUT2D eigenvalue weighted by Crippen LogP contribution is 2.47. The third kappa shape index (κ3) is 3.24. The Balaban J connectivity index is 1.51. The maximum Gasteiger partial charge on any atom is 0.264 e. The van der Waals surface area contributed by atoms with Crippen LogP contribution in [0.2, 0.25) is 0 Å². The predicted molar refractivity (Wildman–Crippen MR) is 124 cm³/mol. The van der Waals surface area contributed by atoms with E-state index in [4.69, 9.17) is 4.98 Å². The van der Waals surface area contributed by atoms with Gasteiger partial charge in [-0.25, -0.2) is 13.8 Å². The molecule has 1 saturated carbocycles. The number of anilines is 2. The largest absolute Gasteiger partial charge is 0.338 e. The van der Waals surface area contributed by atoms with Gasteiger partial charge in [0.1, 0.15) is 11.9 Å². The Bertz CT molecular complexity index is 1290. The number of hydrogen-bond donors (Lipinski definition) is 0. The van der Waals surface area contributed by atoms with Gasteiger partial charge >= 0.3 is 0 Å². The number of hydrogen-bond acceptors (Lipinski definition) is 4. The van der Waals surface area contributed by atoms with Crippen LogP contribution >= 0.6 is 0 Å². The lowest BCUT2D eigenvalue weighted by molar-refractivity contribution is -0.135. The van der Waals surface area contributed by atoms with Crippen LogP contribution in [-0.2, 0) is 24.8 Å². The quantitative estimate of drug-likeness (QED) is 0.559. The van der Waals surface area contributed by atoms with Crippen LogP contribution in [0.4, 0.5) is 20.3 Å². The van der Waals surface area contributed by atoms with E-state index in [1.807, 2.05) is 20.0 Å². The number of likely N-dealkylation sites (N-methyl/N-ethyl adjacent to an activating group) is 1. The zero-order valence-corrected chi connectivity index (χ0v) is 19.6. The van der Waals surface area contributed by atoms with Gasteiger partial charge < -0.3 is 14.4 Å². The van der Waals surface area contributed by atoms with Crippen molar-refractivity contribution >= 4 is 17.4 Å². The number of benzene rings is 1. The van der Waals surface area contributed by atoms with E-state index in [0.29, 0.717) is 30.1 Å². The highest BCUT2D eigenvalue weighted by atomic mass is 19.3. The van der Waals surface area contributed by atoms with E-state index in [9.17, 15) is 13.6 Å². The molecular formula is C25H28F2N6O. The first-order valence-corrected chi connectivity index (χ1v) is 11.9. The highest BCUT2D eigenvalue weighted by Gasteiger charge is 2.40. The minimum Gasteiger partial charge on any atom is -0.338 e. The summed E-state index contributed by atoms with van der Waals surface area (Å²) in [5, 5.41) is 4.18. The Morgan fingerprint density at radius 1 is 1.18 bits per heavy atom. The Hall–Kier alpha value is -3.23. The van der Waals surface area contributed by atoms with E-state index in [1.54, 1.807) is 35.1 Å². The van der Waals surface area contributed by atoms with Crippen molar-refractivity contribution in [3.63, 3.8) is 0 Å². The third-order valence-electron chi connectivity index (χ3n) is 7.34. The zero-order chi connectivity index (χ0) is 23.7. The maximum absolute atomic E-state index is 14.2. The summed E-state index contributed by atoms with van der Waals surface area (Å²) in [6.07, 6.45) is 4.68.